The van der Waals surface area contributed by atoms with E-state index in [2.05, 4.69) is 6.08 Å². The van der Waals surface area contributed by atoms with Gasteiger partial charge in [-0.05, 0) is 49.9 Å². The predicted octanol–water partition coefficient (Wildman–Crippen LogP) is 2.47. The van der Waals surface area contributed by atoms with Gasteiger partial charge >= 0.3 is 0 Å². The van der Waals surface area contributed by atoms with Gasteiger partial charge in [0.15, 0.2) is 0 Å². The molecule has 3 saturated carbocycles. The third-order valence-corrected chi connectivity index (χ3v) is 4.29. The van der Waals surface area contributed by atoms with Crippen molar-refractivity contribution < 1.29 is 0 Å². The summed E-state index contributed by atoms with van der Waals surface area (Å²) in [6, 6.07) is 0.491. The van der Waals surface area contributed by atoms with Gasteiger partial charge in [-0.2, -0.15) is 0 Å². The fraction of sp³-hybridized carbons (Fsp3) is 0.833. The van der Waals surface area contributed by atoms with Gasteiger partial charge in [0.05, 0.1) is 0 Å². The van der Waals surface area contributed by atoms with E-state index >= 15 is 0 Å². The summed E-state index contributed by atoms with van der Waals surface area (Å²) in [5.41, 5.74) is 7.44. The van der Waals surface area contributed by atoms with E-state index in [-0.39, 0.29) is 0 Å². The molecule has 2 bridgehead atoms. The molecule has 3 unspecified atom stereocenters. The quantitative estimate of drug-likeness (QED) is 0.612. The standard InChI is InChI=1S/C12H19N/c13-12-6-9(7-12)5-11-4-8-1-2-10(11)3-8/h5,8,10-12H,1-4,6-7,13H2. The van der Waals surface area contributed by atoms with Crippen LogP contribution in [0.2, 0.25) is 0 Å². The van der Waals surface area contributed by atoms with Gasteiger partial charge in [-0.3, -0.25) is 0 Å². The van der Waals surface area contributed by atoms with Crippen LogP contribution in [0.3, 0.4) is 0 Å². The molecule has 0 aromatic rings. The molecule has 0 heterocycles. The lowest BCUT2D eigenvalue weighted by Gasteiger charge is -2.28. The molecule has 3 rings (SSSR count). The molecule has 2 N–H and O–H groups in total. The fourth-order valence-electron chi connectivity index (χ4n) is 3.55. The van der Waals surface area contributed by atoms with E-state index in [0.29, 0.717) is 6.04 Å². The summed E-state index contributed by atoms with van der Waals surface area (Å²) in [6.45, 7) is 0. The molecule has 0 aromatic heterocycles. The average Bonchev–Trinajstić information content (AvgIpc) is 2.62. The number of hydrogen-bond acceptors (Lipinski definition) is 1. The van der Waals surface area contributed by atoms with E-state index in [0.717, 1.165) is 17.8 Å². The van der Waals surface area contributed by atoms with Crippen molar-refractivity contribution in [2.75, 3.05) is 0 Å². The van der Waals surface area contributed by atoms with E-state index in [1.165, 1.54) is 38.5 Å². The Labute approximate surface area is 80.4 Å². The van der Waals surface area contributed by atoms with Gasteiger partial charge in [-0.15, -0.1) is 0 Å². The highest BCUT2D eigenvalue weighted by Gasteiger charge is 2.38. The van der Waals surface area contributed by atoms with Crippen molar-refractivity contribution in [2.45, 2.75) is 44.6 Å². The Morgan fingerprint density at radius 3 is 2.54 bits per heavy atom. The van der Waals surface area contributed by atoms with Crippen molar-refractivity contribution in [3.63, 3.8) is 0 Å². The van der Waals surface area contributed by atoms with Gasteiger partial charge in [0.25, 0.3) is 0 Å². The van der Waals surface area contributed by atoms with Crippen LogP contribution in [0.4, 0.5) is 0 Å². The summed E-state index contributed by atoms with van der Waals surface area (Å²) in [7, 11) is 0. The molecule has 72 valence electrons. The fourth-order valence-corrected chi connectivity index (χ4v) is 3.55. The molecule has 0 amide bonds. The van der Waals surface area contributed by atoms with Crippen LogP contribution in [0.5, 0.6) is 0 Å². The van der Waals surface area contributed by atoms with Crippen LogP contribution in [0.15, 0.2) is 11.6 Å². The van der Waals surface area contributed by atoms with Gasteiger partial charge < -0.3 is 5.73 Å². The molecular formula is C12H19N. The number of allylic oxidation sites excluding steroid dienone is 1. The topological polar surface area (TPSA) is 26.0 Å². The van der Waals surface area contributed by atoms with Crippen LogP contribution in [-0.4, -0.2) is 6.04 Å². The molecule has 3 fully saturated rings. The zero-order valence-electron chi connectivity index (χ0n) is 8.21. The van der Waals surface area contributed by atoms with E-state index in [9.17, 15) is 0 Å². The third kappa shape index (κ3) is 1.34. The first-order valence-electron chi connectivity index (χ1n) is 5.76. The lowest BCUT2D eigenvalue weighted by molar-refractivity contribution is 0.386. The maximum atomic E-state index is 5.78. The molecule has 3 atom stereocenters. The van der Waals surface area contributed by atoms with Crippen molar-refractivity contribution in [3.05, 3.63) is 11.6 Å². The molecule has 0 spiro atoms. The van der Waals surface area contributed by atoms with E-state index < -0.39 is 0 Å². The second-order valence-electron chi connectivity index (χ2n) is 5.33. The monoisotopic (exact) mass is 177 g/mol. The maximum absolute atomic E-state index is 5.78. The summed E-state index contributed by atoms with van der Waals surface area (Å²) in [5, 5.41) is 0. The van der Waals surface area contributed by atoms with Crippen molar-refractivity contribution >= 4 is 0 Å². The van der Waals surface area contributed by atoms with Gasteiger partial charge in [-0.1, -0.05) is 18.1 Å². The molecule has 1 nitrogen and oxygen atoms in total. The normalized spacial score (nSPS) is 47.9. The Hall–Kier alpha value is -0.300. The summed E-state index contributed by atoms with van der Waals surface area (Å²) >= 11 is 0. The first kappa shape index (κ1) is 8.05. The van der Waals surface area contributed by atoms with E-state index in [1.54, 1.807) is 5.57 Å². The highest BCUT2D eigenvalue weighted by molar-refractivity contribution is 5.18. The van der Waals surface area contributed by atoms with Crippen molar-refractivity contribution in [1.82, 2.24) is 0 Å². The van der Waals surface area contributed by atoms with Gasteiger partial charge in [0, 0.05) is 6.04 Å². The Morgan fingerprint density at radius 2 is 2.00 bits per heavy atom. The van der Waals surface area contributed by atoms with E-state index in [1.807, 2.05) is 0 Å². The van der Waals surface area contributed by atoms with Crippen LogP contribution < -0.4 is 5.73 Å². The molecule has 0 aliphatic heterocycles. The number of hydrogen-bond donors (Lipinski definition) is 1. The predicted molar refractivity (Wildman–Crippen MR) is 54.2 cm³/mol. The lowest BCUT2D eigenvalue weighted by atomic mass is 9.80. The molecule has 13 heavy (non-hydrogen) atoms. The second-order valence-corrected chi connectivity index (χ2v) is 5.33. The highest BCUT2D eigenvalue weighted by Crippen LogP contribution is 2.49. The van der Waals surface area contributed by atoms with Crippen LogP contribution in [0, 0.1) is 17.8 Å². The summed E-state index contributed by atoms with van der Waals surface area (Å²) in [6.07, 6.45) is 11.0. The number of rotatable bonds is 1. The van der Waals surface area contributed by atoms with Crippen LogP contribution in [0.1, 0.15) is 38.5 Å². The number of fused-ring (bicyclic) bond motifs is 2. The molecular weight excluding hydrogens is 158 g/mol. The van der Waals surface area contributed by atoms with E-state index in [4.69, 9.17) is 5.73 Å². The summed E-state index contributed by atoms with van der Waals surface area (Å²) in [5.74, 6) is 3.08. The Kier molecular flexibility index (Phi) is 1.76. The Bertz CT molecular complexity index is 236. The summed E-state index contributed by atoms with van der Waals surface area (Å²) in [4.78, 5) is 0. The van der Waals surface area contributed by atoms with Crippen LogP contribution in [-0.2, 0) is 0 Å². The SMILES string of the molecule is NC1CC(=CC2CC3CCC2C3)C1. The lowest BCUT2D eigenvalue weighted by Crippen LogP contribution is -2.30. The molecule has 3 aliphatic rings. The summed E-state index contributed by atoms with van der Waals surface area (Å²) < 4.78 is 0. The molecule has 0 radical (unpaired) electrons. The number of nitrogens with two attached hydrogens (primary N) is 1. The second kappa shape index (κ2) is 2.84. The van der Waals surface area contributed by atoms with Crippen molar-refractivity contribution in [3.8, 4) is 0 Å². The molecule has 3 aliphatic carbocycles. The van der Waals surface area contributed by atoms with Crippen LogP contribution in [0.25, 0.3) is 0 Å². The first-order valence-corrected chi connectivity index (χ1v) is 5.76. The molecule has 0 saturated heterocycles. The maximum Gasteiger partial charge on any atom is 0.0113 e. The minimum atomic E-state index is 0.491. The largest absolute Gasteiger partial charge is 0.327 e. The van der Waals surface area contributed by atoms with Gasteiger partial charge in [0.2, 0.25) is 0 Å². The van der Waals surface area contributed by atoms with Gasteiger partial charge in [0.1, 0.15) is 0 Å². The van der Waals surface area contributed by atoms with Gasteiger partial charge in [-0.25, -0.2) is 0 Å². The van der Waals surface area contributed by atoms with Crippen molar-refractivity contribution in [1.29, 1.82) is 0 Å². The third-order valence-electron chi connectivity index (χ3n) is 4.29. The van der Waals surface area contributed by atoms with Crippen LogP contribution >= 0.6 is 0 Å². The minimum Gasteiger partial charge on any atom is -0.327 e. The highest BCUT2D eigenvalue weighted by atomic mass is 14.7. The molecule has 1 heteroatoms. The Morgan fingerprint density at radius 1 is 1.15 bits per heavy atom. The van der Waals surface area contributed by atoms with Crippen molar-refractivity contribution in [2.24, 2.45) is 23.5 Å². The Balaban J connectivity index is 1.65. The zero-order valence-corrected chi connectivity index (χ0v) is 8.21. The smallest absolute Gasteiger partial charge is 0.0113 e. The first-order chi connectivity index (χ1) is 6.31. The zero-order chi connectivity index (χ0) is 8.84. The molecule has 0 aromatic carbocycles. The minimum absolute atomic E-state index is 0.491. The average molecular weight is 177 g/mol.